The van der Waals surface area contributed by atoms with E-state index in [1.54, 1.807) is 30.3 Å². The predicted octanol–water partition coefficient (Wildman–Crippen LogP) is 1.04. The monoisotopic (exact) mass is 321 g/mol. The van der Waals surface area contributed by atoms with Crippen molar-refractivity contribution in [2.75, 3.05) is 7.11 Å². The Morgan fingerprint density at radius 3 is 2.41 bits per heavy atom. The largest absolute Gasteiger partial charge is 0.467 e. The highest BCUT2D eigenvalue weighted by atomic mass is 19.4. The first kappa shape index (κ1) is 17.9. The SMILES string of the molecule is COC(=O)C(C(O)C(F)(F)F)N(C=O)OCc1ccccc1. The van der Waals surface area contributed by atoms with Crippen molar-refractivity contribution in [1.82, 2.24) is 5.06 Å². The number of hydroxylamine groups is 2. The van der Waals surface area contributed by atoms with Crippen molar-refractivity contribution in [3.05, 3.63) is 35.9 Å². The molecule has 2 atom stereocenters. The van der Waals surface area contributed by atoms with Gasteiger partial charge in [-0.2, -0.15) is 13.2 Å². The number of benzene rings is 1. The first-order valence-electron chi connectivity index (χ1n) is 6.04. The van der Waals surface area contributed by atoms with E-state index in [9.17, 15) is 27.9 Å². The molecule has 1 amide bonds. The minimum absolute atomic E-state index is 0.0942. The lowest BCUT2D eigenvalue weighted by atomic mass is 10.1. The molecule has 9 heteroatoms. The number of ether oxygens (including phenoxy) is 1. The van der Waals surface area contributed by atoms with E-state index >= 15 is 0 Å². The Kier molecular flexibility index (Phi) is 6.32. The Labute approximate surface area is 124 Å². The first-order valence-corrected chi connectivity index (χ1v) is 6.04. The quantitative estimate of drug-likeness (QED) is 0.461. The molecule has 1 N–H and O–H groups in total. The van der Waals surface area contributed by atoms with Gasteiger partial charge in [0.1, 0.15) is 6.61 Å². The highest BCUT2D eigenvalue weighted by molar-refractivity contribution is 5.78. The van der Waals surface area contributed by atoms with Gasteiger partial charge in [0, 0.05) is 0 Å². The predicted molar refractivity (Wildman–Crippen MR) is 67.0 cm³/mol. The van der Waals surface area contributed by atoms with Gasteiger partial charge in [-0.15, -0.1) is 0 Å². The molecule has 0 saturated heterocycles. The fourth-order valence-corrected chi connectivity index (χ4v) is 1.57. The van der Waals surface area contributed by atoms with E-state index in [0.29, 0.717) is 5.56 Å². The number of methoxy groups -OCH3 is 1. The lowest BCUT2D eigenvalue weighted by Gasteiger charge is -2.29. The summed E-state index contributed by atoms with van der Waals surface area (Å²) in [5.41, 5.74) is 0.555. The van der Waals surface area contributed by atoms with Crippen molar-refractivity contribution < 1.29 is 37.4 Å². The van der Waals surface area contributed by atoms with E-state index in [0.717, 1.165) is 7.11 Å². The van der Waals surface area contributed by atoms with Gasteiger partial charge in [0.05, 0.1) is 7.11 Å². The van der Waals surface area contributed by atoms with Gasteiger partial charge < -0.3 is 9.84 Å². The molecule has 0 aliphatic rings. The summed E-state index contributed by atoms with van der Waals surface area (Å²) in [4.78, 5) is 27.3. The van der Waals surface area contributed by atoms with Crippen LogP contribution in [-0.2, 0) is 25.8 Å². The normalized spacial score (nSPS) is 14.0. The van der Waals surface area contributed by atoms with Crippen molar-refractivity contribution in [2.24, 2.45) is 0 Å². The smallest absolute Gasteiger partial charge is 0.417 e. The Morgan fingerprint density at radius 2 is 1.95 bits per heavy atom. The molecule has 0 bridgehead atoms. The molecule has 2 unspecified atom stereocenters. The summed E-state index contributed by atoms with van der Waals surface area (Å²) in [6.07, 6.45) is -8.39. The van der Waals surface area contributed by atoms with Gasteiger partial charge in [0.25, 0.3) is 0 Å². The van der Waals surface area contributed by atoms with Crippen LogP contribution in [0.3, 0.4) is 0 Å². The molecule has 122 valence electrons. The molecule has 0 spiro atoms. The lowest BCUT2D eigenvalue weighted by molar-refractivity contribution is -0.261. The van der Waals surface area contributed by atoms with Crippen LogP contribution in [0.1, 0.15) is 5.56 Å². The number of carbonyl (C=O) groups is 2. The molecule has 1 rings (SSSR count). The summed E-state index contributed by atoms with van der Waals surface area (Å²) in [7, 11) is 0.832. The number of aliphatic hydroxyl groups is 1. The van der Waals surface area contributed by atoms with Crippen LogP contribution in [0.5, 0.6) is 0 Å². The molecule has 0 radical (unpaired) electrons. The molecule has 0 aromatic heterocycles. The Bertz CT molecular complexity index is 494. The third-order valence-corrected chi connectivity index (χ3v) is 2.68. The molecular formula is C13H14F3NO5. The summed E-state index contributed by atoms with van der Waals surface area (Å²) in [6.45, 7) is -0.266. The molecular weight excluding hydrogens is 307 g/mol. The second-order valence-electron chi connectivity index (χ2n) is 4.18. The van der Waals surface area contributed by atoms with Gasteiger partial charge in [0.15, 0.2) is 12.1 Å². The van der Waals surface area contributed by atoms with E-state index in [1.165, 1.54) is 0 Å². The van der Waals surface area contributed by atoms with Crippen LogP contribution in [0.25, 0.3) is 0 Å². The molecule has 1 aromatic rings. The van der Waals surface area contributed by atoms with Crippen molar-refractivity contribution >= 4 is 12.4 Å². The minimum Gasteiger partial charge on any atom is -0.467 e. The standard InChI is InChI=1S/C13H14F3NO5/c1-21-12(20)10(11(19)13(14,15)16)17(8-18)22-7-9-5-3-2-4-6-9/h2-6,8,10-11,19H,7H2,1H3. The maximum atomic E-state index is 12.6. The number of hydrogen-bond donors (Lipinski definition) is 1. The summed E-state index contributed by atoms with van der Waals surface area (Å²) >= 11 is 0. The van der Waals surface area contributed by atoms with E-state index in [-0.39, 0.29) is 18.1 Å². The zero-order valence-corrected chi connectivity index (χ0v) is 11.5. The summed E-state index contributed by atoms with van der Waals surface area (Å²) in [5, 5.41) is 9.33. The number of esters is 1. The summed E-state index contributed by atoms with van der Waals surface area (Å²) in [6, 6.07) is 5.89. The molecule has 1 aromatic carbocycles. The van der Waals surface area contributed by atoms with Gasteiger partial charge in [-0.25, -0.2) is 9.86 Å². The number of nitrogens with zero attached hydrogens (tertiary/aromatic N) is 1. The number of amides is 1. The molecule has 0 fully saturated rings. The van der Waals surface area contributed by atoms with Crippen molar-refractivity contribution in [3.8, 4) is 0 Å². The highest BCUT2D eigenvalue weighted by Gasteiger charge is 2.50. The van der Waals surface area contributed by atoms with E-state index in [2.05, 4.69) is 4.74 Å². The number of rotatable bonds is 7. The fraction of sp³-hybridized carbons (Fsp3) is 0.385. The number of alkyl halides is 3. The maximum Gasteiger partial charge on any atom is 0.417 e. The van der Waals surface area contributed by atoms with E-state index in [1.807, 2.05) is 0 Å². The zero-order valence-electron chi connectivity index (χ0n) is 11.5. The molecule has 0 saturated carbocycles. The van der Waals surface area contributed by atoms with Crippen molar-refractivity contribution in [2.45, 2.75) is 24.9 Å². The molecule has 0 aliphatic carbocycles. The Balaban J connectivity index is 2.89. The third kappa shape index (κ3) is 4.71. The highest BCUT2D eigenvalue weighted by Crippen LogP contribution is 2.25. The van der Waals surface area contributed by atoms with Crippen LogP contribution in [0, 0.1) is 0 Å². The summed E-state index contributed by atoms with van der Waals surface area (Å²) < 4.78 is 42.0. The van der Waals surface area contributed by atoms with Gasteiger partial charge >= 0.3 is 12.1 Å². The van der Waals surface area contributed by atoms with Gasteiger partial charge in [0.2, 0.25) is 6.41 Å². The van der Waals surface area contributed by atoms with Crippen molar-refractivity contribution in [1.29, 1.82) is 0 Å². The Hall–Kier alpha value is -2.13. The van der Waals surface area contributed by atoms with Crippen LogP contribution in [0.4, 0.5) is 13.2 Å². The zero-order chi connectivity index (χ0) is 16.8. The Morgan fingerprint density at radius 1 is 1.36 bits per heavy atom. The van der Waals surface area contributed by atoms with Crippen LogP contribution < -0.4 is 0 Å². The summed E-state index contributed by atoms with van der Waals surface area (Å²) in [5.74, 6) is -1.45. The third-order valence-electron chi connectivity index (χ3n) is 2.68. The second-order valence-corrected chi connectivity index (χ2v) is 4.18. The molecule has 0 aliphatic heterocycles. The average Bonchev–Trinajstić information content (AvgIpc) is 2.50. The van der Waals surface area contributed by atoms with E-state index < -0.39 is 24.3 Å². The fourth-order valence-electron chi connectivity index (χ4n) is 1.57. The number of halogens is 3. The van der Waals surface area contributed by atoms with Crippen LogP contribution in [-0.4, -0.2) is 48.0 Å². The van der Waals surface area contributed by atoms with Gasteiger partial charge in [-0.3, -0.25) is 9.63 Å². The van der Waals surface area contributed by atoms with Gasteiger partial charge in [-0.05, 0) is 5.56 Å². The molecule has 0 heterocycles. The average molecular weight is 321 g/mol. The van der Waals surface area contributed by atoms with Gasteiger partial charge in [-0.1, -0.05) is 30.3 Å². The number of hydrogen-bond acceptors (Lipinski definition) is 5. The van der Waals surface area contributed by atoms with Crippen LogP contribution >= 0.6 is 0 Å². The number of carbonyl (C=O) groups excluding carboxylic acids is 2. The van der Waals surface area contributed by atoms with Crippen LogP contribution in [0.15, 0.2) is 30.3 Å². The maximum absolute atomic E-state index is 12.6. The minimum atomic E-state index is -5.13. The second kappa shape index (κ2) is 7.76. The lowest BCUT2D eigenvalue weighted by Crippen LogP contribution is -2.54. The topological polar surface area (TPSA) is 76.1 Å². The van der Waals surface area contributed by atoms with Crippen molar-refractivity contribution in [3.63, 3.8) is 0 Å². The number of aliphatic hydroxyl groups excluding tert-OH is 1. The first-order chi connectivity index (χ1) is 10.3. The van der Waals surface area contributed by atoms with Crippen LogP contribution in [0.2, 0.25) is 0 Å². The molecule has 6 nitrogen and oxygen atoms in total. The van der Waals surface area contributed by atoms with E-state index in [4.69, 9.17) is 4.84 Å². The molecule has 22 heavy (non-hydrogen) atoms.